The van der Waals surface area contributed by atoms with Gasteiger partial charge in [0.1, 0.15) is 28.8 Å². The number of nitrogens with zero attached hydrogens (tertiary/aromatic N) is 3. The van der Waals surface area contributed by atoms with Gasteiger partial charge in [0.25, 0.3) is 11.7 Å². The number of benzene rings is 3. The Hall–Kier alpha value is -5.53. The number of hydrogen-bond acceptors (Lipinski definition) is 12. The molecule has 1 fully saturated rings. The van der Waals surface area contributed by atoms with E-state index in [-0.39, 0.29) is 68.9 Å². The Balaban J connectivity index is 1.37. The molecule has 13 heteroatoms. The lowest BCUT2D eigenvalue weighted by Gasteiger charge is -2.36. The average Bonchev–Trinajstić information content (AvgIpc) is 3.51. The number of esters is 1. The van der Waals surface area contributed by atoms with Gasteiger partial charge in [-0.2, -0.15) is 0 Å². The third kappa shape index (κ3) is 9.47. The van der Waals surface area contributed by atoms with Gasteiger partial charge < -0.3 is 33.6 Å². The molecule has 64 heavy (non-hydrogen) atoms. The van der Waals surface area contributed by atoms with Crippen LogP contribution in [0.25, 0.3) is 33.3 Å². The summed E-state index contributed by atoms with van der Waals surface area (Å²) in [6, 6.07) is 7.47. The van der Waals surface area contributed by atoms with Crippen molar-refractivity contribution in [2.45, 2.75) is 100 Å². The summed E-state index contributed by atoms with van der Waals surface area (Å²) in [5.41, 5.74) is 2.53. The van der Waals surface area contributed by atoms with Crippen molar-refractivity contribution in [1.82, 2.24) is 9.88 Å². The van der Waals surface area contributed by atoms with Crippen molar-refractivity contribution in [3.8, 4) is 17.2 Å². The van der Waals surface area contributed by atoms with E-state index in [0.29, 0.717) is 28.2 Å². The number of piperazine rings is 1. The van der Waals surface area contributed by atoms with E-state index in [2.05, 4.69) is 55.8 Å². The summed E-state index contributed by atoms with van der Waals surface area (Å²) in [5, 5.41) is 3.30. The SMILES string of the molecule is COC1C=COC2(C)Oc3c(C)cc4c(=O)c(c5oc6cc(N7CCN(CC(C)C)CC7)ccc6nc-5c4c3C2=O)NC(=O)C(C)=CC=CC(C)CC(C)CC(C)C(OC(C)=O)C1C. The number of fused-ring (bicyclic) bond motifs is 2. The van der Waals surface area contributed by atoms with Crippen LogP contribution in [0.4, 0.5) is 11.4 Å². The second-order valence-corrected chi connectivity index (χ2v) is 18.9. The Morgan fingerprint density at radius 2 is 1.75 bits per heavy atom. The molecule has 1 N–H and O–H groups in total. The first-order chi connectivity index (χ1) is 30.4. The first-order valence-corrected chi connectivity index (χ1v) is 22.7. The van der Waals surface area contributed by atoms with Crippen LogP contribution < -0.4 is 20.4 Å². The normalized spacial score (nSPS) is 26.4. The molecule has 7 atom stereocenters. The number of ether oxygens (including phenoxy) is 4. The van der Waals surface area contributed by atoms with Crippen LogP contribution in [-0.4, -0.2) is 85.4 Å². The molecule has 0 aromatic heterocycles. The maximum absolute atomic E-state index is 14.8. The standard InChI is InChI=1S/C51H64N4O9/c1-28(2)27-54-18-20-55(21-19-54)36-15-16-38-40(26-36)63-48-43(52-38)41-37-25-33(7)47-42(41)49(58)51(10,64-47)61-22-17-39(60-11)34(8)46(62-35(9)56)32(6)24-30(4)23-29(3)13-12-14-31(5)50(59)53-44(48)45(37)57/h12-17,22,25-26,28-30,32,34,39,46H,18-21,23-24,27H2,1-11H3,(H,53,59). The van der Waals surface area contributed by atoms with Gasteiger partial charge in [-0.25, -0.2) is 4.98 Å². The minimum atomic E-state index is -1.83. The highest BCUT2D eigenvalue weighted by atomic mass is 16.7. The minimum Gasteiger partial charge on any atom is -0.462 e. The van der Waals surface area contributed by atoms with E-state index in [9.17, 15) is 19.2 Å². The summed E-state index contributed by atoms with van der Waals surface area (Å²) in [4.78, 5) is 65.8. The number of amides is 1. The number of aryl methyl sites for hydroxylation is 1. The van der Waals surface area contributed by atoms with E-state index in [0.717, 1.165) is 51.3 Å². The molecule has 13 nitrogen and oxygen atoms in total. The van der Waals surface area contributed by atoms with Crippen molar-refractivity contribution < 1.29 is 37.7 Å². The Labute approximate surface area is 376 Å². The summed E-state index contributed by atoms with van der Waals surface area (Å²) < 4.78 is 31.1. The third-order valence-electron chi connectivity index (χ3n) is 13.0. The smallest absolute Gasteiger partial charge is 0.312 e. The van der Waals surface area contributed by atoms with Crippen LogP contribution in [0, 0.1) is 36.5 Å². The van der Waals surface area contributed by atoms with Crippen molar-refractivity contribution in [2.24, 2.45) is 29.6 Å². The summed E-state index contributed by atoms with van der Waals surface area (Å²) >= 11 is 0. The summed E-state index contributed by atoms with van der Waals surface area (Å²) in [6.45, 7) is 23.8. The van der Waals surface area contributed by atoms with Gasteiger partial charge in [0.15, 0.2) is 11.3 Å². The number of anilines is 2. The topological polar surface area (TPSA) is 150 Å². The van der Waals surface area contributed by atoms with Crippen LogP contribution in [0.5, 0.6) is 5.75 Å². The second kappa shape index (κ2) is 18.9. The monoisotopic (exact) mass is 876 g/mol. The van der Waals surface area contributed by atoms with Gasteiger partial charge in [-0.05, 0) is 80.2 Å². The third-order valence-corrected chi connectivity index (χ3v) is 13.0. The maximum atomic E-state index is 14.8. The quantitative estimate of drug-likeness (QED) is 0.116. The van der Waals surface area contributed by atoms with Crippen molar-refractivity contribution >= 4 is 50.9 Å². The zero-order valence-electron chi connectivity index (χ0n) is 39.2. The molecule has 5 aliphatic rings. The van der Waals surface area contributed by atoms with Gasteiger partial charge >= 0.3 is 11.8 Å². The number of nitrogens with one attached hydrogen (secondary N) is 1. The molecule has 2 aromatic rings. The highest BCUT2D eigenvalue weighted by Crippen LogP contribution is 2.47. The van der Waals surface area contributed by atoms with E-state index in [4.69, 9.17) is 28.3 Å². The van der Waals surface area contributed by atoms with E-state index in [1.54, 1.807) is 39.2 Å². The van der Waals surface area contributed by atoms with Gasteiger partial charge in [0.05, 0.1) is 17.9 Å². The van der Waals surface area contributed by atoms with Crippen molar-refractivity contribution in [3.05, 3.63) is 81.8 Å². The second-order valence-electron chi connectivity index (χ2n) is 18.9. The van der Waals surface area contributed by atoms with Crippen molar-refractivity contribution in [3.63, 3.8) is 0 Å². The minimum absolute atomic E-state index is 0.00700. The Morgan fingerprint density at radius 1 is 1.02 bits per heavy atom. The zero-order valence-corrected chi connectivity index (χ0v) is 39.2. The van der Waals surface area contributed by atoms with Gasteiger partial charge in [0.2, 0.25) is 5.43 Å². The van der Waals surface area contributed by atoms with Crippen molar-refractivity contribution in [2.75, 3.05) is 50.1 Å². The molecule has 342 valence electrons. The molecule has 0 spiro atoms. The molecule has 1 saturated heterocycles. The Bertz CT molecular complexity index is 2550. The lowest BCUT2D eigenvalue weighted by Crippen LogP contribution is -2.47. The molecule has 4 bridgehead atoms. The van der Waals surface area contributed by atoms with E-state index < -0.39 is 35.1 Å². The molecular weight excluding hydrogens is 813 g/mol. The maximum Gasteiger partial charge on any atom is 0.312 e. The number of carbonyl (C=O) groups excluding carboxylic acids is 3. The molecule has 4 aliphatic heterocycles. The largest absolute Gasteiger partial charge is 0.462 e. The number of carbonyl (C=O) groups is 3. The van der Waals surface area contributed by atoms with E-state index >= 15 is 0 Å². The van der Waals surface area contributed by atoms with E-state index in [1.807, 2.05) is 31.2 Å². The highest BCUT2D eigenvalue weighted by Gasteiger charge is 2.49. The number of allylic oxidation sites excluding steroid dienone is 3. The van der Waals surface area contributed by atoms with Crippen LogP contribution in [0.2, 0.25) is 0 Å². The molecule has 1 amide bonds. The number of hydrogen-bond donors (Lipinski definition) is 1. The number of methoxy groups -OCH3 is 1. The van der Waals surface area contributed by atoms with Crippen LogP contribution >= 0.6 is 0 Å². The van der Waals surface area contributed by atoms with Crippen molar-refractivity contribution in [1.29, 1.82) is 0 Å². The van der Waals surface area contributed by atoms with Crippen LogP contribution in [0.15, 0.2) is 69.6 Å². The fourth-order valence-corrected chi connectivity index (χ4v) is 9.81. The predicted octanol–water partition coefficient (Wildman–Crippen LogP) is 9.08. The molecular formula is C51H64N4O9. The van der Waals surface area contributed by atoms with Gasteiger partial charge in [-0.15, -0.1) is 0 Å². The highest BCUT2D eigenvalue weighted by molar-refractivity contribution is 6.21. The Kier molecular flexibility index (Phi) is 13.7. The average molecular weight is 877 g/mol. The fraction of sp³-hybridized carbons (Fsp3) is 0.510. The molecule has 7 rings (SSSR count). The number of rotatable bonds is 5. The molecule has 2 aromatic carbocycles. The molecule has 4 heterocycles. The number of ketones is 1. The first-order valence-electron chi connectivity index (χ1n) is 22.7. The summed E-state index contributed by atoms with van der Waals surface area (Å²) in [7, 11) is 1.58. The molecule has 7 unspecified atom stereocenters. The zero-order chi connectivity index (χ0) is 46.2. The van der Waals surface area contributed by atoms with Crippen LogP contribution in [0.1, 0.15) is 91.1 Å². The molecule has 0 radical (unpaired) electrons. The molecule has 0 saturated carbocycles. The summed E-state index contributed by atoms with van der Waals surface area (Å²) in [5.74, 6) is -2.19. The number of Topliss-reactive ketones (excluding diaryl/α,β-unsaturated/α-hetero) is 1. The molecule has 1 aliphatic carbocycles. The summed E-state index contributed by atoms with van der Waals surface area (Å²) in [6.07, 6.45) is 9.36. The van der Waals surface area contributed by atoms with Gasteiger partial charge in [0, 0.05) is 87.7 Å². The van der Waals surface area contributed by atoms with Crippen LogP contribution in [-0.2, 0) is 23.8 Å². The lowest BCUT2D eigenvalue weighted by atomic mass is 9.82. The number of aromatic nitrogens is 1. The fourth-order valence-electron chi connectivity index (χ4n) is 9.81. The van der Waals surface area contributed by atoms with Gasteiger partial charge in [-0.1, -0.05) is 59.8 Å². The lowest BCUT2D eigenvalue weighted by molar-refractivity contribution is -0.155. The first kappa shape index (κ1) is 46.5. The van der Waals surface area contributed by atoms with Gasteiger partial charge in [-0.3, -0.25) is 24.1 Å². The van der Waals surface area contributed by atoms with Crippen LogP contribution in [0.3, 0.4) is 0 Å². The Morgan fingerprint density at radius 3 is 2.44 bits per heavy atom. The van der Waals surface area contributed by atoms with E-state index in [1.165, 1.54) is 20.1 Å². The predicted molar refractivity (Wildman–Crippen MR) is 250 cm³/mol.